The topological polar surface area (TPSA) is 90.1 Å². The van der Waals surface area contributed by atoms with Gasteiger partial charge < -0.3 is 14.6 Å². The normalized spacial score (nSPS) is 15.8. The van der Waals surface area contributed by atoms with E-state index in [-0.39, 0.29) is 17.9 Å². The summed E-state index contributed by atoms with van der Waals surface area (Å²) in [5, 5.41) is 9.76. The Labute approximate surface area is 188 Å². The number of carbonyl (C=O) groups excluding carboxylic acids is 1. The number of methoxy groups -OCH3 is 1. The third-order valence-corrected chi connectivity index (χ3v) is 6.10. The highest BCUT2D eigenvalue weighted by molar-refractivity contribution is 7.07. The molecule has 0 saturated carbocycles. The van der Waals surface area contributed by atoms with Gasteiger partial charge in [0.2, 0.25) is 0 Å². The summed E-state index contributed by atoms with van der Waals surface area (Å²) in [5.41, 5.74) is 1.85. The largest absolute Gasteiger partial charge is 0.508 e. The number of esters is 1. The average molecular weight is 451 g/mol. The van der Waals surface area contributed by atoms with Gasteiger partial charge in [-0.1, -0.05) is 41.7 Å². The van der Waals surface area contributed by atoms with Crippen molar-refractivity contribution in [3.05, 3.63) is 90.6 Å². The van der Waals surface area contributed by atoms with Gasteiger partial charge in [0.15, 0.2) is 4.80 Å². The Morgan fingerprint density at radius 2 is 2.03 bits per heavy atom. The van der Waals surface area contributed by atoms with Crippen LogP contribution in [0.25, 0.3) is 6.08 Å². The number of rotatable bonds is 5. The number of thiazole rings is 1. The number of aromatic hydroxyl groups is 1. The van der Waals surface area contributed by atoms with E-state index in [9.17, 15) is 14.7 Å². The molecule has 0 aliphatic carbocycles. The van der Waals surface area contributed by atoms with E-state index in [1.165, 1.54) is 15.9 Å². The van der Waals surface area contributed by atoms with Crippen molar-refractivity contribution in [2.24, 2.45) is 4.99 Å². The highest BCUT2D eigenvalue weighted by Crippen LogP contribution is 2.35. The van der Waals surface area contributed by atoms with Crippen LogP contribution in [0.1, 0.15) is 31.0 Å². The summed E-state index contributed by atoms with van der Waals surface area (Å²) in [6, 6.07) is 13.2. The minimum atomic E-state index is -0.743. The fourth-order valence-electron chi connectivity index (χ4n) is 3.74. The van der Waals surface area contributed by atoms with Crippen LogP contribution in [0.4, 0.5) is 0 Å². The number of fused-ring (bicyclic) bond motifs is 1. The lowest BCUT2D eigenvalue weighted by atomic mass is 9.95. The molecule has 3 aromatic rings. The number of aromatic nitrogens is 1. The number of hydrogen-bond donors (Lipinski definition) is 1. The molecule has 164 valence electrons. The number of para-hydroxylation sites is 1. The first-order valence-electron chi connectivity index (χ1n) is 10.1. The molecule has 2 aromatic carbocycles. The molecule has 0 bridgehead atoms. The first kappa shape index (κ1) is 21.6. The number of nitrogens with zero attached hydrogens (tertiary/aromatic N) is 2. The summed E-state index contributed by atoms with van der Waals surface area (Å²) >= 11 is 1.22. The van der Waals surface area contributed by atoms with Gasteiger partial charge in [0.05, 0.1) is 29.5 Å². The summed E-state index contributed by atoms with van der Waals surface area (Å²) in [6.07, 6.45) is 1.70. The third kappa shape index (κ3) is 3.85. The molecule has 7 nitrogen and oxygen atoms in total. The van der Waals surface area contributed by atoms with Crippen LogP contribution in [0.5, 0.6) is 11.5 Å². The van der Waals surface area contributed by atoms with E-state index in [0.717, 1.165) is 0 Å². The van der Waals surface area contributed by atoms with Crippen LogP contribution in [-0.2, 0) is 9.53 Å². The molecule has 0 saturated heterocycles. The first-order chi connectivity index (χ1) is 15.4. The molecule has 4 rings (SSSR count). The van der Waals surface area contributed by atoms with Gasteiger partial charge >= 0.3 is 5.97 Å². The molecule has 0 spiro atoms. The average Bonchev–Trinajstić information content (AvgIpc) is 3.07. The lowest BCUT2D eigenvalue weighted by Gasteiger charge is -2.25. The van der Waals surface area contributed by atoms with Crippen molar-refractivity contribution in [3.63, 3.8) is 0 Å². The van der Waals surface area contributed by atoms with Crippen molar-refractivity contribution in [3.8, 4) is 11.5 Å². The van der Waals surface area contributed by atoms with Crippen molar-refractivity contribution in [1.29, 1.82) is 0 Å². The summed E-state index contributed by atoms with van der Waals surface area (Å²) in [7, 11) is 1.55. The number of benzene rings is 2. The van der Waals surface area contributed by atoms with E-state index in [0.29, 0.717) is 37.5 Å². The maximum absolute atomic E-state index is 13.5. The second kappa shape index (κ2) is 8.84. The van der Waals surface area contributed by atoms with E-state index < -0.39 is 12.0 Å². The molecule has 1 aromatic heterocycles. The van der Waals surface area contributed by atoms with Crippen molar-refractivity contribution >= 4 is 23.4 Å². The van der Waals surface area contributed by atoms with Gasteiger partial charge in [-0.3, -0.25) is 9.36 Å². The van der Waals surface area contributed by atoms with Gasteiger partial charge in [0.1, 0.15) is 17.5 Å². The highest BCUT2D eigenvalue weighted by Gasteiger charge is 2.34. The van der Waals surface area contributed by atoms with Crippen LogP contribution in [0.2, 0.25) is 0 Å². The molecule has 2 heterocycles. The lowest BCUT2D eigenvalue weighted by Crippen LogP contribution is -2.40. The molecular formula is C24H22N2O5S. The van der Waals surface area contributed by atoms with E-state index in [1.54, 1.807) is 57.4 Å². The zero-order valence-corrected chi connectivity index (χ0v) is 18.7. The molecule has 1 aliphatic heterocycles. The van der Waals surface area contributed by atoms with Crippen LogP contribution in [0.15, 0.2) is 69.6 Å². The minimum absolute atomic E-state index is 0.110. The van der Waals surface area contributed by atoms with E-state index in [4.69, 9.17) is 9.47 Å². The SMILES string of the molecule is CCOC(=O)C1=C(C)N=c2s/c(=C/c3cccc(O)c3)c(=O)n2[C@H]1c1ccccc1OC. The first-order valence-corrected chi connectivity index (χ1v) is 10.9. The summed E-state index contributed by atoms with van der Waals surface area (Å²) in [5.74, 6) is 0.141. The van der Waals surface area contributed by atoms with Gasteiger partial charge in [-0.05, 0) is 43.7 Å². The molecule has 1 atom stereocenters. The lowest BCUT2D eigenvalue weighted by molar-refractivity contribution is -0.139. The molecule has 1 aliphatic rings. The second-order valence-electron chi connectivity index (χ2n) is 7.14. The fourth-order valence-corrected chi connectivity index (χ4v) is 4.79. The van der Waals surface area contributed by atoms with Crippen molar-refractivity contribution in [2.75, 3.05) is 13.7 Å². The van der Waals surface area contributed by atoms with Crippen LogP contribution in [0.3, 0.4) is 0 Å². The van der Waals surface area contributed by atoms with Gasteiger partial charge in [-0.25, -0.2) is 9.79 Å². The van der Waals surface area contributed by atoms with Gasteiger partial charge in [-0.15, -0.1) is 0 Å². The molecular weight excluding hydrogens is 428 g/mol. The third-order valence-electron chi connectivity index (χ3n) is 5.12. The van der Waals surface area contributed by atoms with Crippen LogP contribution < -0.4 is 19.6 Å². The van der Waals surface area contributed by atoms with E-state index >= 15 is 0 Å². The molecule has 0 amide bonds. The van der Waals surface area contributed by atoms with Crippen molar-refractivity contribution in [2.45, 2.75) is 19.9 Å². The molecule has 8 heteroatoms. The predicted octanol–water partition coefficient (Wildman–Crippen LogP) is 2.51. The Morgan fingerprint density at radius 1 is 1.25 bits per heavy atom. The van der Waals surface area contributed by atoms with Crippen molar-refractivity contribution in [1.82, 2.24) is 4.57 Å². The van der Waals surface area contributed by atoms with E-state index in [2.05, 4.69) is 4.99 Å². The summed E-state index contributed by atoms with van der Waals surface area (Å²) in [6.45, 7) is 3.67. The van der Waals surface area contributed by atoms with Crippen molar-refractivity contribution < 1.29 is 19.4 Å². The smallest absolute Gasteiger partial charge is 0.338 e. The second-order valence-corrected chi connectivity index (χ2v) is 8.15. The molecule has 0 fully saturated rings. The Bertz CT molecular complexity index is 1400. The minimum Gasteiger partial charge on any atom is -0.508 e. The fraction of sp³-hybridized carbons (Fsp3) is 0.208. The monoisotopic (exact) mass is 450 g/mol. The number of phenolic OH excluding ortho intramolecular Hbond substituents is 1. The summed E-state index contributed by atoms with van der Waals surface area (Å²) < 4.78 is 12.8. The zero-order valence-electron chi connectivity index (χ0n) is 17.9. The Kier molecular flexibility index (Phi) is 5.96. The summed E-state index contributed by atoms with van der Waals surface area (Å²) in [4.78, 5) is 31.5. The zero-order chi connectivity index (χ0) is 22.8. The van der Waals surface area contributed by atoms with E-state index in [1.807, 2.05) is 18.2 Å². The van der Waals surface area contributed by atoms with Gasteiger partial charge in [-0.2, -0.15) is 0 Å². The Balaban J connectivity index is 2.00. The maximum Gasteiger partial charge on any atom is 0.338 e. The molecule has 0 radical (unpaired) electrons. The number of carbonyl (C=O) groups is 1. The number of phenols is 1. The molecule has 32 heavy (non-hydrogen) atoms. The van der Waals surface area contributed by atoms with Gasteiger partial charge in [0.25, 0.3) is 5.56 Å². The Hall–Kier alpha value is -3.65. The standard InChI is InChI=1S/C24H22N2O5S/c1-4-31-23(29)20-14(2)25-24-26(21(20)17-10-5-6-11-18(17)30-3)22(28)19(32-24)13-15-8-7-9-16(27)12-15/h5-13,21,27H,4H2,1-3H3/b19-13+/t21-/m0/s1. The quantitative estimate of drug-likeness (QED) is 0.604. The van der Waals surface area contributed by atoms with Crippen LogP contribution in [-0.4, -0.2) is 29.4 Å². The predicted molar refractivity (Wildman–Crippen MR) is 121 cm³/mol. The van der Waals surface area contributed by atoms with Crippen LogP contribution in [0, 0.1) is 0 Å². The maximum atomic E-state index is 13.5. The molecule has 0 unspecified atom stereocenters. The van der Waals surface area contributed by atoms with Gasteiger partial charge in [0, 0.05) is 5.56 Å². The Morgan fingerprint density at radius 3 is 2.75 bits per heavy atom. The highest BCUT2D eigenvalue weighted by atomic mass is 32.1. The van der Waals surface area contributed by atoms with Crippen LogP contribution >= 0.6 is 11.3 Å². The number of ether oxygens (including phenoxy) is 2. The number of allylic oxidation sites excluding steroid dienone is 1. The number of hydrogen-bond acceptors (Lipinski definition) is 7. The molecule has 1 N–H and O–H groups in total.